The third kappa shape index (κ3) is 4.67. The molecule has 0 N–H and O–H groups in total. The van der Waals surface area contributed by atoms with Gasteiger partial charge in [-0.1, -0.05) is 59.5 Å². The number of halogens is 2. The van der Waals surface area contributed by atoms with Gasteiger partial charge in [-0.25, -0.2) is 0 Å². The third-order valence-electron chi connectivity index (χ3n) is 7.44. The van der Waals surface area contributed by atoms with Gasteiger partial charge in [0.25, 0.3) is 11.5 Å². The maximum atomic E-state index is 14.3. The number of amides is 1. The van der Waals surface area contributed by atoms with Gasteiger partial charge in [0.1, 0.15) is 11.4 Å². The van der Waals surface area contributed by atoms with Crippen LogP contribution in [-0.4, -0.2) is 41.7 Å². The van der Waals surface area contributed by atoms with Gasteiger partial charge in [0.15, 0.2) is 0 Å². The molecule has 3 heterocycles. The zero-order chi connectivity index (χ0) is 27.8. The van der Waals surface area contributed by atoms with Crippen molar-refractivity contribution < 1.29 is 9.53 Å². The Bertz CT molecular complexity index is 1670. The Morgan fingerprint density at radius 1 is 0.850 bits per heavy atom. The number of hydrogen-bond acceptors (Lipinski definition) is 4. The van der Waals surface area contributed by atoms with Crippen LogP contribution >= 0.6 is 23.2 Å². The molecular weight excluding hydrogens is 545 g/mol. The molecule has 200 valence electrons. The molecule has 2 aliphatic heterocycles. The Kier molecular flexibility index (Phi) is 7.12. The van der Waals surface area contributed by atoms with Crippen molar-refractivity contribution in [2.24, 2.45) is 0 Å². The van der Waals surface area contributed by atoms with E-state index in [4.69, 9.17) is 34.4 Å². The van der Waals surface area contributed by atoms with Crippen molar-refractivity contribution >= 4 is 40.6 Å². The number of anilines is 2. The van der Waals surface area contributed by atoms with Gasteiger partial charge in [-0.15, -0.1) is 6.42 Å². The highest BCUT2D eigenvalue weighted by atomic mass is 35.5. The Balaban J connectivity index is 1.60. The SMILES string of the molecule is C#Cc1cccc(N2c3ccc(C(=O)N4CCOCC4)c(=O)n3[C@H](c3ccc(Cl)cc3)[C@@H]2c2ccc(Cl)cc2)c1. The van der Waals surface area contributed by atoms with E-state index in [-0.39, 0.29) is 23.1 Å². The zero-order valence-corrected chi connectivity index (χ0v) is 23.0. The first-order valence-electron chi connectivity index (χ1n) is 13.0. The van der Waals surface area contributed by atoms with Crippen LogP contribution in [-0.2, 0) is 4.74 Å². The number of nitrogens with zero attached hydrogens (tertiary/aromatic N) is 3. The van der Waals surface area contributed by atoms with Crippen LogP contribution in [0.3, 0.4) is 0 Å². The molecule has 0 bridgehead atoms. The van der Waals surface area contributed by atoms with Gasteiger partial charge in [0.05, 0.1) is 25.3 Å². The van der Waals surface area contributed by atoms with Gasteiger partial charge < -0.3 is 14.5 Å². The molecule has 0 aliphatic carbocycles. The monoisotopic (exact) mass is 569 g/mol. The lowest BCUT2D eigenvalue weighted by molar-refractivity contribution is 0.0301. The Hall–Kier alpha value is -4.02. The van der Waals surface area contributed by atoms with E-state index in [1.54, 1.807) is 15.5 Å². The number of benzene rings is 3. The van der Waals surface area contributed by atoms with Gasteiger partial charge in [0, 0.05) is 34.4 Å². The van der Waals surface area contributed by atoms with Crippen LogP contribution in [0.25, 0.3) is 0 Å². The molecule has 40 heavy (non-hydrogen) atoms. The fourth-order valence-corrected chi connectivity index (χ4v) is 5.81. The topological polar surface area (TPSA) is 54.8 Å². The third-order valence-corrected chi connectivity index (χ3v) is 7.94. The molecule has 8 heteroatoms. The van der Waals surface area contributed by atoms with E-state index < -0.39 is 6.04 Å². The number of ether oxygens (including phenoxy) is 1. The number of rotatable bonds is 4. The predicted molar refractivity (Wildman–Crippen MR) is 158 cm³/mol. The molecule has 0 saturated carbocycles. The fourth-order valence-electron chi connectivity index (χ4n) is 5.55. The maximum absolute atomic E-state index is 14.3. The summed E-state index contributed by atoms with van der Waals surface area (Å²) in [5.74, 6) is 3.06. The average molecular weight is 570 g/mol. The molecule has 0 spiro atoms. The molecule has 1 saturated heterocycles. The summed E-state index contributed by atoms with van der Waals surface area (Å²) < 4.78 is 7.13. The van der Waals surface area contributed by atoms with Crippen LogP contribution < -0.4 is 10.5 Å². The normalized spacial score (nSPS) is 18.3. The smallest absolute Gasteiger partial charge is 0.265 e. The van der Waals surface area contributed by atoms with Crippen molar-refractivity contribution in [1.29, 1.82) is 0 Å². The molecule has 6 nitrogen and oxygen atoms in total. The number of fused-ring (bicyclic) bond motifs is 1. The number of terminal acetylenes is 1. The lowest BCUT2D eigenvalue weighted by Crippen LogP contribution is -2.43. The fraction of sp³-hybridized carbons (Fsp3) is 0.188. The highest BCUT2D eigenvalue weighted by molar-refractivity contribution is 6.30. The van der Waals surface area contributed by atoms with E-state index in [1.807, 2.05) is 78.9 Å². The van der Waals surface area contributed by atoms with E-state index in [0.29, 0.717) is 42.2 Å². The summed E-state index contributed by atoms with van der Waals surface area (Å²) in [5, 5.41) is 1.20. The molecule has 1 amide bonds. The summed E-state index contributed by atoms with van der Waals surface area (Å²) in [6.45, 7) is 1.78. The van der Waals surface area contributed by atoms with E-state index in [0.717, 1.165) is 22.4 Å². The summed E-state index contributed by atoms with van der Waals surface area (Å²) in [6, 6.07) is 25.4. The molecule has 1 fully saturated rings. The first-order valence-corrected chi connectivity index (χ1v) is 13.7. The Morgan fingerprint density at radius 2 is 1.48 bits per heavy atom. The van der Waals surface area contributed by atoms with E-state index in [9.17, 15) is 9.59 Å². The van der Waals surface area contributed by atoms with Crippen LogP contribution in [0.5, 0.6) is 0 Å². The minimum Gasteiger partial charge on any atom is -0.378 e. The van der Waals surface area contributed by atoms with E-state index in [2.05, 4.69) is 10.8 Å². The van der Waals surface area contributed by atoms with Crippen molar-refractivity contribution in [2.75, 3.05) is 31.2 Å². The van der Waals surface area contributed by atoms with Crippen molar-refractivity contribution in [1.82, 2.24) is 9.47 Å². The quantitative estimate of drug-likeness (QED) is 0.279. The summed E-state index contributed by atoms with van der Waals surface area (Å²) in [7, 11) is 0. The number of hydrogen-bond donors (Lipinski definition) is 0. The zero-order valence-electron chi connectivity index (χ0n) is 21.5. The molecular formula is C32H25Cl2N3O3. The highest BCUT2D eigenvalue weighted by Gasteiger charge is 2.43. The van der Waals surface area contributed by atoms with Crippen molar-refractivity contribution in [3.05, 3.63) is 128 Å². The summed E-state index contributed by atoms with van der Waals surface area (Å²) in [5.41, 5.74) is 3.13. The minimum absolute atomic E-state index is 0.124. The van der Waals surface area contributed by atoms with E-state index in [1.165, 1.54) is 0 Å². The molecule has 6 rings (SSSR count). The van der Waals surface area contributed by atoms with Crippen LogP contribution in [0.2, 0.25) is 10.0 Å². The van der Waals surface area contributed by atoms with Crippen LogP contribution in [0.1, 0.15) is 39.1 Å². The summed E-state index contributed by atoms with van der Waals surface area (Å²) in [6.07, 6.45) is 5.75. The number of morpholine rings is 1. The highest BCUT2D eigenvalue weighted by Crippen LogP contribution is 2.50. The number of aromatic nitrogens is 1. The van der Waals surface area contributed by atoms with Gasteiger partial charge >= 0.3 is 0 Å². The predicted octanol–water partition coefficient (Wildman–Crippen LogP) is 6.09. The molecule has 4 aromatic rings. The van der Waals surface area contributed by atoms with Gasteiger partial charge in [-0.2, -0.15) is 0 Å². The summed E-state index contributed by atoms with van der Waals surface area (Å²) >= 11 is 12.5. The van der Waals surface area contributed by atoms with E-state index >= 15 is 0 Å². The number of pyridine rings is 1. The second kappa shape index (κ2) is 10.9. The molecule has 0 unspecified atom stereocenters. The molecule has 0 radical (unpaired) electrons. The lowest BCUT2D eigenvalue weighted by Gasteiger charge is -2.30. The molecule has 2 aliphatic rings. The Labute approximate surface area is 242 Å². The minimum atomic E-state index is -0.479. The second-order valence-electron chi connectivity index (χ2n) is 9.74. The molecule has 3 aromatic carbocycles. The number of carbonyl (C=O) groups is 1. The number of carbonyl (C=O) groups excluding carboxylic acids is 1. The van der Waals surface area contributed by atoms with Crippen LogP contribution in [0.15, 0.2) is 89.7 Å². The average Bonchev–Trinajstić information content (AvgIpc) is 3.34. The first kappa shape index (κ1) is 26.2. The molecule has 2 atom stereocenters. The Morgan fingerprint density at radius 3 is 2.10 bits per heavy atom. The van der Waals surface area contributed by atoms with Crippen LogP contribution in [0.4, 0.5) is 11.5 Å². The summed E-state index contributed by atoms with van der Waals surface area (Å²) in [4.78, 5) is 31.6. The van der Waals surface area contributed by atoms with Gasteiger partial charge in [0.2, 0.25) is 0 Å². The van der Waals surface area contributed by atoms with Crippen molar-refractivity contribution in [2.45, 2.75) is 12.1 Å². The molecule has 1 aromatic heterocycles. The lowest BCUT2D eigenvalue weighted by atomic mass is 9.93. The van der Waals surface area contributed by atoms with Gasteiger partial charge in [-0.3, -0.25) is 14.2 Å². The largest absolute Gasteiger partial charge is 0.378 e. The van der Waals surface area contributed by atoms with Crippen LogP contribution in [0, 0.1) is 12.3 Å². The maximum Gasteiger partial charge on any atom is 0.265 e. The second-order valence-corrected chi connectivity index (χ2v) is 10.6. The van der Waals surface area contributed by atoms with Crippen molar-refractivity contribution in [3.8, 4) is 12.3 Å². The van der Waals surface area contributed by atoms with Crippen molar-refractivity contribution in [3.63, 3.8) is 0 Å². The van der Waals surface area contributed by atoms with Gasteiger partial charge in [-0.05, 0) is 65.7 Å². The first-order chi connectivity index (χ1) is 19.5. The standard InChI is InChI=1S/C32H25Cl2N3O3/c1-2-21-4-3-5-26(20-21)36-28-15-14-27(31(38)35-16-18-40-19-17-35)32(39)37(28)30(23-8-12-25(34)13-9-23)29(36)22-6-10-24(33)11-7-22/h1,3-15,20,29-30H,16-19H2/t29-,30+/m0/s1.